The van der Waals surface area contributed by atoms with E-state index in [4.69, 9.17) is 46.4 Å². The van der Waals surface area contributed by atoms with Gasteiger partial charge in [-0.25, -0.2) is 4.98 Å². The number of anilines is 2. The van der Waals surface area contributed by atoms with E-state index in [1.165, 1.54) is 6.07 Å². The number of hydrogen-bond donors (Lipinski definition) is 1. The molecule has 18 heavy (non-hydrogen) atoms. The third-order valence-electron chi connectivity index (χ3n) is 2.07. The van der Waals surface area contributed by atoms with Crippen LogP contribution in [-0.2, 0) is 0 Å². The first-order valence-electron chi connectivity index (χ1n) is 4.71. The van der Waals surface area contributed by atoms with Crippen LogP contribution in [0.15, 0.2) is 28.7 Å². The van der Waals surface area contributed by atoms with Gasteiger partial charge in [-0.15, -0.1) is 0 Å². The number of nitrogens with one attached hydrogen (secondary N) is 1. The Morgan fingerprint density at radius 3 is 2.33 bits per heavy atom. The average molecular weight is 387 g/mol. The number of nitrogens with zero attached hydrogens (tertiary/aromatic N) is 1. The quantitative estimate of drug-likeness (QED) is 0.621. The second-order valence-electron chi connectivity index (χ2n) is 3.35. The van der Waals surface area contributed by atoms with Gasteiger partial charge < -0.3 is 5.32 Å². The zero-order valence-electron chi connectivity index (χ0n) is 8.65. The highest BCUT2D eigenvalue weighted by Gasteiger charge is 2.08. The van der Waals surface area contributed by atoms with Gasteiger partial charge in [-0.05, 0) is 40.2 Å². The Hall–Kier alpha value is -0.190. The van der Waals surface area contributed by atoms with Crippen LogP contribution < -0.4 is 5.32 Å². The molecule has 0 fully saturated rings. The van der Waals surface area contributed by atoms with E-state index in [0.717, 1.165) is 10.2 Å². The fourth-order valence-corrected chi connectivity index (χ4v) is 2.21. The van der Waals surface area contributed by atoms with E-state index >= 15 is 0 Å². The van der Waals surface area contributed by atoms with Gasteiger partial charge in [0.25, 0.3) is 0 Å². The Kier molecular flexibility index (Phi) is 4.62. The third-order valence-corrected chi connectivity index (χ3v) is 4.26. The number of halogens is 5. The molecule has 0 aliphatic carbocycles. The van der Waals surface area contributed by atoms with Crippen LogP contribution >= 0.6 is 62.3 Å². The first kappa shape index (κ1) is 14.2. The summed E-state index contributed by atoms with van der Waals surface area (Å²) in [6.45, 7) is 0. The van der Waals surface area contributed by atoms with E-state index in [1.807, 2.05) is 12.1 Å². The van der Waals surface area contributed by atoms with E-state index in [0.29, 0.717) is 20.9 Å². The predicted molar refractivity (Wildman–Crippen MR) is 81.7 cm³/mol. The number of rotatable bonds is 2. The molecule has 0 unspecified atom stereocenters. The largest absolute Gasteiger partial charge is 0.339 e. The first-order chi connectivity index (χ1) is 8.47. The Balaban J connectivity index is 2.34. The summed E-state index contributed by atoms with van der Waals surface area (Å²) < 4.78 is 0.808. The lowest BCUT2D eigenvalue weighted by atomic mass is 10.3. The average Bonchev–Trinajstić information content (AvgIpc) is 2.31. The molecule has 0 atom stereocenters. The molecule has 0 radical (unpaired) electrons. The molecule has 1 aromatic carbocycles. The van der Waals surface area contributed by atoms with Crippen molar-refractivity contribution in [2.45, 2.75) is 0 Å². The molecule has 0 spiro atoms. The highest BCUT2D eigenvalue weighted by atomic mass is 79.9. The summed E-state index contributed by atoms with van der Waals surface area (Å²) in [7, 11) is 0. The van der Waals surface area contributed by atoms with Gasteiger partial charge in [0.2, 0.25) is 0 Å². The summed E-state index contributed by atoms with van der Waals surface area (Å²) in [5.74, 6) is 0.421. The molecule has 0 aliphatic heterocycles. The fraction of sp³-hybridized carbons (Fsp3) is 0. The lowest BCUT2D eigenvalue weighted by Gasteiger charge is -2.09. The van der Waals surface area contributed by atoms with Crippen molar-refractivity contribution in [1.82, 2.24) is 4.98 Å². The Morgan fingerprint density at radius 1 is 0.944 bits per heavy atom. The number of hydrogen-bond acceptors (Lipinski definition) is 2. The summed E-state index contributed by atoms with van der Waals surface area (Å²) in [6, 6.07) is 6.92. The van der Waals surface area contributed by atoms with Gasteiger partial charge in [0.15, 0.2) is 5.82 Å². The van der Waals surface area contributed by atoms with Gasteiger partial charge >= 0.3 is 0 Å². The molecular formula is C11H5BrCl4N2. The van der Waals surface area contributed by atoms with Crippen LogP contribution in [0.1, 0.15) is 0 Å². The Labute approximate surface area is 132 Å². The fourth-order valence-electron chi connectivity index (χ4n) is 1.24. The highest BCUT2D eigenvalue weighted by molar-refractivity contribution is 9.10. The van der Waals surface area contributed by atoms with Crippen molar-refractivity contribution in [3.05, 3.63) is 49.0 Å². The number of pyridine rings is 1. The van der Waals surface area contributed by atoms with Crippen molar-refractivity contribution in [1.29, 1.82) is 0 Å². The minimum absolute atomic E-state index is 0.187. The number of benzene rings is 1. The van der Waals surface area contributed by atoms with Crippen molar-refractivity contribution >= 4 is 73.8 Å². The molecule has 1 heterocycles. The SMILES string of the molecule is Clc1cc(Nc2nc(Cl)c(Cl)cc2Cl)ccc1Br. The monoisotopic (exact) mass is 384 g/mol. The van der Waals surface area contributed by atoms with E-state index in [9.17, 15) is 0 Å². The van der Waals surface area contributed by atoms with Crippen LogP contribution in [0.5, 0.6) is 0 Å². The molecule has 94 valence electrons. The molecule has 1 aromatic heterocycles. The molecule has 0 amide bonds. The summed E-state index contributed by atoms with van der Waals surface area (Å²) >= 11 is 26.9. The summed E-state index contributed by atoms with van der Waals surface area (Å²) in [4.78, 5) is 4.06. The van der Waals surface area contributed by atoms with Gasteiger partial charge in [0.1, 0.15) is 5.15 Å². The van der Waals surface area contributed by atoms with Crippen molar-refractivity contribution in [3.63, 3.8) is 0 Å². The molecule has 0 aliphatic rings. The molecule has 2 aromatic rings. The maximum absolute atomic E-state index is 6.01. The van der Waals surface area contributed by atoms with Crippen LogP contribution in [0.4, 0.5) is 11.5 Å². The van der Waals surface area contributed by atoms with E-state index in [1.54, 1.807) is 6.07 Å². The molecule has 1 N–H and O–H groups in total. The molecule has 2 rings (SSSR count). The van der Waals surface area contributed by atoms with E-state index in [2.05, 4.69) is 26.2 Å². The molecule has 0 saturated heterocycles. The standard InChI is InChI=1S/C11H5BrCl4N2/c12-6-2-1-5(3-7(6)13)17-11-9(15)4-8(14)10(16)18-11/h1-4H,(H,17,18). The molecular weight excluding hydrogens is 382 g/mol. The predicted octanol–water partition coefficient (Wildman–Crippen LogP) is 6.20. The second kappa shape index (κ2) is 5.85. The topological polar surface area (TPSA) is 24.9 Å². The van der Waals surface area contributed by atoms with Crippen molar-refractivity contribution in [3.8, 4) is 0 Å². The molecule has 7 heteroatoms. The first-order valence-corrected chi connectivity index (χ1v) is 7.01. The molecule has 2 nitrogen and oxygen atoms in total. The van der Waals surface area contributed by atoms with Crippen LogP contribution in [0.3, 0.4) is 0 Å². The lowest BCUT2D eigenvalue weighted by molar-refractivity contribution is 1.31. The Bertz CT molecular complexity index is 604. The van der Waals surface area contributed by atoms with Gasteiger partial charge in [-0.2, -0.15) is 0 Å². The summed E-state index contributed by atoms with van der Waals surface area (Å²) in [6.07, 6.45) is 0. The third kappa shape index (κ3) is 3.22. The second-order valence-corrected chi connectivity index (χ2v) is 5.78. The zero-order chi connectivity index (χ0) is 13.3. The molecule has 0 saturated carbocycles. The highest BCUT2D eigenvalue weighted by Crippen LogP contribution is 2.32. The van der Waals surface area contributed by atoms with Crippen LogP contribution in [0.25, 0.3) is 0 Å². The lowest BCUT2D eigenvalue weighted by Crippen LogP contribution is -1.95. The van der Waals surface area contributed by atoms with Crippen LogP contribution in [0.2, 0.25) is 20.2 Å². The van der Waals surface area contributed by atoms with Gasteiger partial charge in [-0.1, -0.05) is 46.4 Å². The van der Waals surface area contributed by atoms with Crippen molar-refractivity contribution in [2.24, 2.45) is 0 Å². The van der Waals surface area contributed by atoms with Gasteiger partial charge in [-0.3, -0.25) is 0 Å². The van der Waals surface area contributed by atoms with Crippen LogP contribution in [-0.4, -0.2) is 4.98 Å². The maximum Gasteiger partial charge on any atom is 0.151 e. The molecule has 0 bridgehead atoms. The van der Waals surface area contributed by atoms with E-state index < -0.39 is 0 Å². The zero-order valence-corrected chi connectivity index (χ0v) is 13.3. The van der Waals surface area contributed by atoms with Crippen molar-refractivity contribution in [2.75, 3.05) is 5.32 Å². The number of aromatic nitrogens is 1. The van der Waals surface area contributed by atoms with Gasteiger partial charge in [0.05, 0.1) is 15.1 Å². The maximum atomic E-state index is 6.01. The van der Waals surface area contributed by atoms with Crippen LogP contribution in [0, 0.1) is 0 Å². The minimum atomic E-state index is 0.187. The van der Waals surface area contributed by atoms with E-state index in [-0.39, 0.29) is 5.15 Å². The normalized spacial score (nSPS) is 10.5. The van der Waals surface area contributed by atoms with Crippen molar-refractivity contribution < 1.29 is 0 Å². The Morgan fingerprint density at radius 2 is 1.67 bits per heavy atom. The summed E-state index contributed by atoms with van der Waals surface area (Å²) in [5.41, 5.74) is 0.746. The minimum Gasteiger partial charge on any atom is -0.339 e. The smallest absolute Gasteiger partial charge is 0.151 e. The summed E-state index contributed by atoms with van der Waals surface area (Å²) in [5, 5.41) is 4.47. The van der Waals surface area contributed by atoms with Gasteiger partial charge in [0, 0.05) is 10.2 Å².